The zero-order valence-corrected chi connectivity index (χ0v) is 26.9. The van der Waals surface area contributed by atoms with E-state index in [1.54, 1.807) is 4.90 Å². The molecule has 2 saturated carbocycles. The van der Waals surface area contributed by atoms with Crippen LogP contribution in [0.2, 0.25) is 5.02 Å². The number of hydrogen-bond acceptors (Lipinski definition) is 9. The molecule has 1 saturated heterocycles. The van der Waals surface area contributed by atoms with Crippen molar-refractivity contribution in [2.45, 2.75) is 56.2 Å². The molecule has 0 unspecified atom stereocenters. The Morgan fingerprint density at radius 1 is 1.06 bits per heavy atom. The van der Waals surface area contributed by atoms with Gasteiger partial charge in [0.15, 0.2) is 0 Å². The van der Waals surface area contributed by atoms with Crippen LogP contribution >= 0.6 is 11.6 Å². The maximum atomic E-state index is 15.0. The number of halogens is 5. The predicted molar refractivity (Wildman–Crippen MR) is 171 cm³/mol. The molecule has 0 radical (unpaired) electrons. The predicted octanol–water partition coefficient (Wildman–Crippen LogP) is 3.44. The van der Waals surface area contributed by atoms with E-state index in [-0.39, 0.29) is 58.1 Å². The normalized spacial score (nSPS) is 20.6. The van der Waals surface area contributed by atoms with Crippen LogP contribution in [-0.4, -0.2) is 75.6 Å². The van der Waals surface area contributed by atoms with Crippen LogP contribution in [0.1, 0.15) is 41.2 Å². The maximum absolute atomic E-state index is 15.0. The molecule has 8 rings (SSSR count). The second-order valence-corrected chi connectivity index (χ2v) is 13.4. The minimum Gasteiger partial charge on any atom is -0.477 e. The molecule has 2 aromatic carbocycles. The van der Waals surface area contributed by atoms with E-state index in [1.165, 1.54) is 45.3 Å². The van der Waals surface area contributed by atoms with Crippen molar-refractivity contribution in [2.75, 3.05) is 18.0 Å². The highest BCUT2D eigenvalue weighted by atomic mass is 35.5. The second-order valence-electron chi connectivity index (χ2n) is 13.0. The molecule has 0 bridgehead atoms. The first-order valence-corrected chi connectivity index (χ1v) is 16.0. The lowest BCUT2D eigenvalue weighted by Crippen LogP contribution is -2.37. The maximum Gasteiger partial charge on any atom is 0.341 e. The Morgan fingerprint density at radius 3 is 2.20 bits per heavy atom. The van der Waals surface area contributed by atoms with Gasteiger partial charge in [0.1, 0.15) is 60.1 Å². The monoisotopic (exact) mass is 715 g/mol. The van der Waals surface area contributed by atoms with E-state index in [2.05, 4.69) is 20.2 Å². The van der Waals surface area contributed by atoms with Crippen LogP contribution in [-0.2, 0) is 18.7 Å². The minimum absolute atomic E-state index is 0.00645. The van der Waals surface area contributed by atoms with Crippen molar-refractivity contribution in [1.82, 2.24) is 34.1 Å². The summed E-state index contributed by atoms with van der Waals surface area (Å²) in [4.78, 5) is 33.4. The number of carbonyl (C=O) groups is 1. The van der Waals surface area contributed by atoms with E-state index in [4.69, 9.17) is 17.3 Å². The number of carboxylic acids is 1. The average Bonchev–Trinajstić information content (AvgIpc) is 3.76. The first-order valence-electron chi connectivity index (χ1n) is 15.6. The number of rotatable bonds is 8. The van der Waals surface area contributed by atoms with Crippen LogP contribution < -0.4 is 16.1 Å². The number of nitrogens with zero attached hydrogens (tertiary/aromatic N) is 8. The Morgan fingerprint density at radius 2 is 1.70 bits per heavy atom. The van der Waals surface area contributed by atoms with Gasteiger partial charge in [-0.25, -0.2) is 41.7 Å². The van der Waals surface area contributed by atoms with Crippen molar-refractivity contribution in [3.63, 3.8) is 0 Å². The molecule has 3 aliphatic rings. The number of alkyl halides is 1. The molecule has 0 amide bonds. The lowest BCUT2D eigenvalue weighted by molar-refractivity contribution is -0.00856. The van der Waals surface area contributed by atoms with Gasteiger partial charge in [0, 0.05) is 48.8 Å². The largest absolute Gasteiger partial charge is 0.477 e. The van der Waals surface area contributed by atoms with Crippen molar-refractivity contribution in [3.8, 4) is 0 Å². The molecule has 3 atom stereocenters. The van der Waals surface area contributed by atoms with Crippen LogP contribution in [0, 0.1) is 22.9 Å². The molecule has 50 heavy (non-hydrogen) atoms. The number of aromatic nitrogens is 7. The first-order chi connectivity index (χ1) is 23.8. The highest BCUT2D eigenvalue weighted by Crippen LogP contribution is 2.54. The van der Waals surface area contributed by atoms with E-state index >= 15 is 4.39 Å². The lowest BCUT2D eigenvalue weighted by atomic mass is 9.93. The summed E-state index contributed by atoms with van der Waals surface area (Å²) in [7, 11) is 0. The molecule has 262 valence electrons. The van der Waals surface area contributed by atoms with Gasteiger partial charge in [-0.3, -0.25) is 4.79 Å². The van der Waals surface area contributed by atoms with Crippen LogP contribution in [0.25, 0.3) is 10.9 Å². The molecule has 18 heteroatoms. The van der Waals surface area contributed by atoms with Gasteiger partial charge in [-0.15, -0.1) is 0 Å². The average molecular weight is 716 g/mol. The number of aromatic carboxylic acids is 1. The van der Waals surface area contributed by atoms with E-state index < -0.39 is 52.2 Å². The fraction of sp³-hybridized carbons (Fsp3) is 0.375. The Bertz CT molecular complexity index is 2110. The number of carboxylic acid groups (broad SMARTS) is 1. The zero-order valence-electron chi connectivity index (χ0n) is 26.1. The summed E-state index contributed by atoms with van der Waals surface area (Å²) in [6.07, 6.45) is 7.51. The summed E-state index contributed by atoms with van der Waals surface area (Å²) in [5, 5.41) is 27.9. The molecule has 3 fully saturated rings. The van der Waals surface area contributed by atoms with Gasteiger partial charge >= 0.3 is 5.97 Å². The zero-order chi connectivity index (χ0) is 35.5. The van der Waals surface area contributed by atoms with E-state index in [0.717, 1.165) is 37.2 Å². The third-order valence-electron chi connectivity index (χ3n) is 9.58. The van der Waals surface area contributed by atoms with E-state index in [9.17, 15) is 33.0 Å². The molecule has 4 N–H and O–H groups in total. The van der Waals surface area contributed by atoms with Gasteiger partial charge in [-0.1, -0.05) is 17.7 Å². The number of anilines is 1. The SMILES string of the molecule is N[C@@H]1CN(c2c(F)cc3c(=O)c(C(=O)O)cn([C@@H]4C[C@@H]4F)c3c2Cl)CC12CC2.OC(Cn1cncn1)(Cn1cncn1)c1ccc(F)cc1F. The summed E-state index contributed by atoms with van der Waals surface area (Å²) in [6, 6.07) is 3.33. The van der Waals surface area contributed by atoms with Crippen molar-refractivity contribution in [2.24, 2.45) is 11.1 Å². The Kier molecular flexibility index (Phi) is 8.39. The van der Waals surface area contributed by atoms with Crippen LogP contribution in [0.3, 0.4) is 0 Å². The summed E-state index contributed by atoms with van der Waals surface area (Å²) >= 11 is 6.56. The molecule has 4 heterocycles. The molecular weight excluding hydrogens is 686 g/mol. The molecular formula is C32H30ClF4N9O4. The highest BCUT2D eigenvalue weighted by molar-refractivity contribution is 6.38. The van der Waals surface area contributed by atoms with Gasteiger partial charge < -0.3 is 25.4 Å². The van der Waals surface area contributed by atoms with Crippen molar-refractivity contribution < 1.29 is 32.6 Å². The Labute approximate surface area is 285 Å². The van der Waals surface area contributed by atoms with Crippen LogP contribution in [0.15, 0.2) is 60.6 Å². The number of nitrogens with two attached hydrogens (primary N) is 1. The third kappa shape index (κ3) is 6.09. The van der Waals surface area contributed by atoms with Crippen molar-refractivity contribution in [3.05, 3.63) is 99.6 Å². The Hall–Kier alpha value is -4.87. The van der Waals surface area contributed by atoms with Gasteiger partial charge in [-0.05, 0) is 25.0 Å². The van der Waals surface area contributed by atoms with Gasteiger partial charge in [0.2, 0.25) is 5.43 Å². The quantitative estimate of drug-likeness (QED) is 0.202. The summed E-state index contributed by atoms with van der Waals surface area (Å²) < 4.78 is 60.2. The molecule has 3 aromatic heterocycles. The topological polar surface area (TPSA) is 170 Å². The summed E-state index contributed by atoms with van der Waals surface area (Å²) in [5.41, 5.74) is 3.40. The standard InChI is InChI=1S/C19H18ClF2N3O3.C13H12F2N6O/c20-14-15-8(17(26)9(18(27)28)5-25(15)12-4-10(12)21)3-11(22)16(14)24-6-13(23)19(7-24)1-2-19;14-10-1-2-11(12(15)3-10)13(22,4-20-8-16-6-18-20)5-21-9-17-7-19-21/h3,5,10,12-13H,1-2,4,6-7,23H2,(H,27,28);1-3,6-9,22H,4-5H2/t10-,12+,13+;/m0./s1. The van der Waals surface area contributed by atoms with E-state index in [0.29, 0.717) is 13.1 Å². The van der Waals surface area contributed by atoms with E-state index in [1.807, 2.05) is 0 Å². The number of fused-ring (bicyclic) bond motifs is 1. The van der Waals surface area contributed by atoms with Crippen molar-refractivity contribution in [1.29, 1.82) is 0 Å². The minimum atomic E-state index is -1.70. The smallest absolute Gasteiger partial charge is 0.341 e. The van der Waals surface area contributed by atoms with Crippen molar-refractivity contribution >= 4 is 34.2 Å². The molecule has 2 aliphatic carbocycles. The number of pyridine rings is 1. The number of benzene rings is 2. The fourth-order valence-corrected chi connectivity index (χ4v) is 7.09. The summed E-state index contributed by atoms with van der Waals surface area (Å²) in [6.45, 7) is 0.864. The molecule has 1 spiro atoms. The summed E-state index contributed by atoms with van der Waals surface area (Å²) in [5.74, 6) is -3.72. The van der Waals surface area contributed by atoms with Gasteiger partial charge in [0.05, 0.1) is 40.7 Å². The second kappa shape index (κ2) is 12.5. The third-order valence-corrected chi connectivity index (χ3v) is 9.94. The van der Waals surface area contributed by atoms with Crippen LogP contribution in [0.4, 0.5) is 23.2 Å². The lowest BCUT2D eigenvalue weighted by Gasteiger charge is -2.28. The highest BCUT2D eigenvalue weighted by Gasteiger charge is 2.54. The first kappa shape index (κ1) is 33.6. The van der Waals surface area contributed by atoms with Gasteiger partial charge in [-0.2, -0.15) is 10.2 Å². The Balaban J connectivity index is 0.000000162. The van der Waals surface area contributed by atoms with Crippen LogP contribution in [0.5, 0.6) is 0 Å². The molecule has 5 aromatic rings. The van der Waals surface area contributed by atoms with Gasteiger partial charge in [0.25, 0.3) is 0 Å². The molecule has 13 nitrogen and oxygen atoms in total. The number of aliphatic hydroxyl groups is 1. The molecule has 1 aliphatic heterocycles. The number of hydrogen-bond donors (Lipinski definition) is 3. The fourth-order valence-electron chi connectivity index (χ4n) is 6.68.